The normalized spacial score (nSPS) is 12.9. The molecule has 1 aromatic rings. The largest absolute Gasteiger partial charge is 0.314 e. The summed E-state index contributed by atoms with van der Waals surface area (Å²) in [5, 5.41) is 3.60. The Balaban J connectivity index is 2.54. The van der Waals surface area contributed by atoms with Crippen molar-refractivity contribution in [2.24, 2.45) is 5.92 Å². The molecule has 0 bridgehead atoms. The molecule has 1 N–H and O–H groups in total. The summed E-state index contributed by atoms with van der Waals surface area (Å²) in [5.41, 5.74) is 2.94. The maximum atomic E-state index is 3.60. The van der Waals surface area contributed by atoms with Crippen LogP contribution in [0.15, 0.2) is 24.3 Å². The van der Waals surface area contributed by atoms with Gasteiger partial charge in [-0.1, -0.05) is 45.0 Å². The Kier molecular flexibility index (Phi) is 8.24. The lowest BCUT2D eigenvalue weighted by molar-refractivity contribution is 0.438. The molecule has 0 aliphatic carbocycles. The second-order valence-corrected chi connectivity index (χ2v) is 6.94. The Hall–Kier alpha value is -0.470. The van der Waals surface area contributed by atoms with E-state index in [2.05, 4.69) is 69.0 Å². The van der Waals surface area contributed by atoms with Gasteiger partial charge in [-0.2, -0.15) is 11.8 Å². The number of hydrogen-bond acceptors (Lipinski definition) is 2. The van der Waals surface area contributed by atoms with E-state index in [9.17, 15) is 0 Å². The Morgan fingerprint density at radius 2 is 1.95 bits per heavy atom. The minimum absolute atomic E-state index is 0.582. The summed E-state index contributed by atoms with van der Waals surface area (Å²) in [6.07, 6.45) is 2.52. The van der Waals surface area contributed by atoms with Crippen LogP contribution in [0.5, 0.6) is 0 Å². The van der Waals surface area contributed by atoms with Crippen molar-refractivity contribution in [1.29, 1.82) is 0 Å². The molecule has 0 aliphatic rings. The van der Waals surface area contributed by atoms with Crippen molar-refractivity contribution in [1.82, 2.24) is 5.32 Å². The van der Waals surface area contributed by atoms with Crippen LogP contribution in [0.3, 0.4) is 0 Å². The molecular weight excluding hydrogens is 250 g/mol. The molecule has 0 heterocycles. The number of thioether (sulfide) groups is 1. The van der Waals surface area contributed by atoms with Gasteiger partial charge < -0.3 is 5.32 Å². The van der Waals surface area contributed by atoms with Crippen LogP contribution in [0.25, 0.3) is 0 Å². The van der Waals surface area contributed by atoms with E-state index < -0.39 is 0 Å². The number of hydrogen-bond donors (Lipinski definition) is 1. The molecule has 2 heteroatoms. The summed E-state index contributed by atoms with van der Waals surface area (Å²) in [6.45, 7) is 10.1. The van der Waals surface area contributed by atoms with Gasteiger partial charge >= 0.3 is 0 Å². The van der Waals surface area contributed by atoms with E-state index in [1.54, 1.807) is 0 Å². The van der Waals surface area contributed by atoms with Gasteiger partial charge in [0.25, 0.3) is 0 Å². The third-order valence-corrected chi connectivity index (χ3v) is 4.39. The molecule has 108 valence electrons. The van der Waals surface area contributed by atoms with E-state index >= 15 is 0 Å². The number of rotatable bonds is 9. The van der Waals surface area contributed by atoms with Gasteiger partial charge in [0, 0.05) is 6.04 Å². The predicted molar refractivity (Wildman–Crippen MR) is 89.1 cm³/mol. The van der Waals surface area contributed by atoms with E-state index in [-0.39, 0.29) is 0 Å². The minimum atomic E-state index is 0.582. The molecule has 1 aromatic carbocycles. The van der Waals surface area contributed by atoms with Gasteiger partial charge in [0.05, 0.1) is 0 Å². The molecular formula is C17H29NS. The van der Waals surface area contributed by atoms with Gasteiger partial charge in [-0.25, -0.2) is 0 Å². The maximum Gasteiger partial charge on any atom is 0.00104 e. The zero-order chi connectivity index (χ0) is 14.1. The molecule has 1 unspecified atom stereocenters. The van der Waals surface area contributed by atoms with Crippen molar-refractivity contribution >= 4 is 11.8 Å². The van der Waals surface area contributed by atoms with Gasteiger partial charge in [-0.15, -0.1) is 0 Å². The lowest BCUT2D eigenvalue weighted by Gasteiger charge is -2.20. The lowest BCUT2D eigenvalue weighted by atomic mass is 9.94. The summed E-state index contributed by atoms with van der Waals surface area (Å²) in [4.78, 5) is 0. The van der Waals surface area contributed by atoms with Gasteiger partial charge in [-0.05, 0) is 54.9 Å². The Labute approximate surface area is 123 Å². The molecule has 0 aromatic heterocycles. The zero-order valence-electron chi connectivity index (χ0n) is 12.9. The number of benzene rings is 1. The van der Waals surface area contributed by atoms with E-state index in [0.717, 1.165) is 12.5 Å². The highest BCUT2D eigenvalue weighted by Gasteiger charge is 2.11. The van der Waals surface area contributed by atoms with Crippen molar-refractivity contribution in [3.8, 4) is 0 Å². The fourth-order valence-electron chi connectivity index (χ4n) is 2.22. The van der Waals surface area contributed by atoms with Crippen LogP contribution in [0.4, 0.5) is 0 Å². The van der Waals surface area contributed by atoms with Crippen molar-refractivity contribution in [3.05, 3.63) is 35.4 Å². The molecule has 0 saturated carbocycles. The summed E-state index contributed by atoms with van der Waals surface area (Å²) in [7, 11) is 0. The van der Waals surface area contributed by atoms with Crippen molar-refractivity contribution in [3.63, 3.8) is 0 Å². The van der Waals surface area contributed by atoms with Crippen LogP contribution in [-0.4, -0.2) is 24.1 Å². The Morgan fingerprint density at radius 3 is 2.58 bits per heavy atom. The minimum Gasteiger partial charge on any atom is -0.314 e. The topological polar surface area (TPSA) is 12.0 Å². The molecule has 1 atom stereocenters. The van der Waals surface area contributed by atoms with E-state index in [1.165, 1.54) is 35.5 Å². The zero-order valence-corrected chi connectivity index (χ0v) is 13.7. The predicted octanol–water partition coefficient (Wildman–Crippen LogP) is 4.29. The number of nitrogens with one attached hydrogen (secondary N) is 1. The van der Waals surface area contributed by atoms with Crippen molar-refractivity contribution in [2.75, 3.05) is 18.1 Å². The molecule has 0 spiro atoms. The Bertz CT molecular complexity index is 349. The highest BCUT2D eigenvalue weighted by atomic mass is 32.2. The van der Waals surface area contributed by atoms with E-state index in [1.807, 2.05) is 0 Å². The fraction of sp³-hybridized carbons (Fsp3) is 0.647. The molecule has 0 fully saturated rings. The van der Waals surface area contributed by atoms with Gasteiger partial charge in [0.15, 0.2) is 0 Å². The van der Waals surface area contributed by atoms with Crippen LogP contribution in [-0.2, 0) is 6.42 Å². The van der Waals surface area contributed by atoms with E-state index in [4.69, 9.17) is 0 Å². The first-order valence-electron chi connectivity index (χ1n) is 7.49. The van der Waals surface area contributed by atoms with Gasteiger partial charge in [0.2, 0.25) is 0 Å². The average Bonchev–Trinajstić information content (AvgIpc) is 2.38. The van der Waals surface area contributed by atoms with Crippen molar-refractivity contribution < 1.29 is 0 Å². The third kappa shape index (κ3) is 7.03. The molecule has 1 nitrogen and oxygen atoms in total. The number of aryl methyl sites for hydroxylation is 1. The summed E-state index contributed by atoms with van der Waals surface area (Å²) in [5.74, 6) is 3.27. The van der Waals surface area contributed by atoms with Crippen LogP contribution in [0, 0.1) is 12.8 Å². The van der Waals surface area contributed by atoms with Gasteiger partial charge in [0.1, 0.15) is 0 Å². The molecule has 0 radical (unpaired) electrons. The smallest absolute Gasteiger partial charge is 0.00104 e. The Morgan fingerprint density at radius 1 is 1.21 bits per heavy atom. The molecule has 0 amide bonds. The first-order chi connectivity index (χ1) is 9.13. The first kappa shape index (κ1) is 16.6. The van der Waals surface area contributed by atoms with Crippen molar-refractivity contribution in [2.45, 2.75) is 46.6 Å². The highest BCUT2D eigenvalue weighted by Crippen LogP contribution is 2.17. The fourth-order valence-corrected chi connectivity index (χ4v) is 3.01. The highest BCUT2D eigenvalue weighted by molar-refractivity contribution is 7.99. The van der Waals surface area contributed by atoms with Crippen LogP contribution >= 0.6 is 11.8 Å². The molecule has 1 rings (SSSR count). The first-order valence-corrected chi connectivity index (χ1v) is 8.64. The average molecular weight is 279 g/mol. The summed E-state index contributed by atoms with van der Waals surface area (Å²) >= 11 is 2.06. The maximum absolute atomic E-state index is 3.60. The van der Waals surface area contributed by atoms with E-state index in [0.29, 0.717) is 6.04 Å². The molecule has 19 heavy (non-hydrogen) atoms. The van der Waals surface area contributed by atoms with Crippen LogP contribution < -0.4 is 5.32 Å². The lowest BCUT2D eigenvalue weighted by Crippen LogP contribution is -2.30. The summed E-state index contributed by atoms with van der Waals surface area (Å²) in [6, 6.07) is 9.38. The summed E-state index contributed by atoms with van der Waals surface area (Å²) < 4.78 is 0. The van der Waals surface area contributed by atoms with Crippen LogP contribution in [0.2, 0.25) is 0 Å². The molecule has 0 saturated heterocycles. The standard InChI is InChI=1S/C17H29NS/c1-5-19-11-10-16(13-18-14(2)3)12-17-9-7-6-8-15(17)4/h6-9,14,16,18H,5,10-13H2,1-4H3. The quantitative estimate of drug-likeness (QED) is 0.677. The molecule has 0 aliphatic heterocycles. The third-order valence-electron chi connectivity index (χ3n) is 3.46. The second kappa shape index (κ2) is 9.44. The monoisotopic (exact) mass is 279 g/mol. The van der Waals surface area contributed by atoms with Crippen LogP contribution in [0.1, 0.15) is 38.3 Å². The second-order valence-electron chi connectivity index (χ2n) is 5.55. The SMILES string of the molecule is CCSCCC(CNC(C)C)Cc1ccccc1C. The van der Waals surface area contributed by atoms with Gasteiger partial charge in [-0.3, -0.25) is 0 Å².